The van der Waals surface area contributed by atoms with Crippen molar-refractivity contribution in [1.82, 2.24) is 10.2 Å². The standard InChI is InChI=1S/C22H28N2O5/c25-16-8-15-24(22(27)29-18-20-11-5-2-6-12-20)14-7-13-23-21(26)28-17-19-9-3-1-4-10-19/h1-6,9-12,25H,7-8,13-18H2,(H,23,26). The van der Waals surface area contributed by atoms with Crippen molar-refractivity contribution in [3.05, 3.63) is 71.8 Å². The number of benzene rings is 2. The van der Waals surface area contributed by atoms with Crippen molar-refractivity contribution in [2.75, 3.05) is 26.2 Å². The largest absolute Gasteiger partial charge is 0.445 e. The predicted octanol–water partition coefficient (Wildman–Crippen LogP) is 3.32. The summed E-state index contributed by atoms with van der Waals surface area (Å²) in [4.78, 5) is 25.6. The first kappa shape index (κ1) is 22.2. The molecule has 7 heteroatoms. The number of amides is 2. The average Bonchev–Trinajstić information content (AvgIpc) is 2.77. The molecule has 7 nitrogen and oxygen atoms in total. The monoisotopic (exact) mass is 400 g/mol. The lowest BCUT2D eigenvalue weighted by Gasteiger charge is -2.22. The molecule has 0 radical (unpaired) electrons. The minimum atomic E-state index is -0.498. The van der Waals surface area contributed by atoms with Crippen molar-refractivity contribution in [3.8, 4) is 0 Å². The third kappa shape index (κ3) is 9.12. The number of carbonyl (C=O) groups excluding carboxylic acids is 2. The Morgan fingerprint density at radius 3 is 1.97 bits per heavy atom. The van der Waals surface area contributed by atoms with E-state index in [1.165, 1.54) is 4.90 Å². The molecule has 2 aromatic carbocycles. The molecule has 2 rings (SSSR count). The molecular formula is C22H28N2O5. The van der Waals surface area contributed by atoms with Crippen LogP contribution >= 0.6 is 0 Å². The van der Waals surface area contributed by atoms with E-state index in [1.54, 1.807) is 0 Å². The van der Waals surface area contributed by atoms with Crippen LogP contribution in [0.3, 0.4) is 0 Å². The molecule has 156 valence electrons. The first-order valence-corrected chi connectivity index (χ1v) is 9.70. The molecule has 2 aromatic rings. The third-order valence-corrected chi connectivity index (χ3v) is 4.14. The number of aliphatic hydroxyl groups excluding tert-OH is 1. The molecule has 0 saturated heterocycles. The van der Waals surface area contributed by atoms with Crippen LogP contribution in [0.1, 0.15) is 24.0 Å². The zero-order chi connectivity index (χ0) is 20.7. The van der Waals surface area contributed by atoms with E-state index in [9.17, 15) is 9.59 Å². The lowest BCUT2D eigenvalue weighted by Crippen LogP contribution is -2.36. The maximum absolute atomic E-state index is 12.3. The summed E-state index contributed by atoms with van der Waals surface area (Å²) in [5, 5.41) is 11.7. The smallest absolute Gasteiger partial charge is 0.410 e. The van der Waals surface area contributed by atoms with Crippen LogP contribution in [0.5, 0.6) is 0 Å². The van der Waals surface area contributed by atoms with Gasteiger partial charge in [0.1, 0.15) is 13.2 Å². The Morgan fingerprint density at radius 2 is 1.38 bits per heavy atom. The van der Waals surface area contributed by atoms with Gasteiger partial charge in [0.2, 0.25) is 0 Å². The van der Waals surface area contributed by atoms with Gasteiger partial charge < -0.3 is 24.8 Å². The number of hydrogen-bond acceptors (Lipinski definition) is 5. The molecule has 0 heterocycles. The number of nitrogens with one attached hydrogen (secondary N) is 1. The molecule has 0 saturated carbocycles. The molecule has 29 heavy (non-hydrogen) atoms. The van der Waals surface area contributed by atoms with Crippen molar-refractivity contribution < 1.29 is 24.2 Å². The van der Waals surface area contributed by atoms with Crippen LogP contribution in [0.25, 0.3) is 0 Å². The lowest BCUT2D eigenvalue weighted by atomic mass is 10.2. The summed E-state index contributed by atoms with van der Waals surface area (Å²) in [6.07, 6.45) is 0.0793. The molecule has 0 aliphatic heterocycles. The first-order valence-electron chi connectivity index (χ1n) is 9.70. The Bertz CT molecular complexity index is 724. The number of ether oxygens (including phenoxy) is 2. The van der Waals surface area contributed by atoms with E-state index in [1.807, 2.05) is 60.7 Å². The van der Waals surface area contributed by atoms with Crippen LogP contribution < -0.4 is 5.32 Å². The Morgan fingerprint density at radius 1 is 0.828 bits per heavy atom. The maximum Gasteiger partial charge on any atom is 0.410 e. The van der Waals surface area contributed by atoms with Crippen molar-refractivity contribution >= 4 is 12.2 Å². The summed E-state index contributed by atoms with van der Waals surface area (Å²) >= 11 is 0. The van der Waals surface area contributed by atoms with Gasteiger partial charge in [-0.1, -0.05) is 60.7 Å². The van der Waals surface area contributed by atoms with Crippen molar-refractivity contribution in [2.24, 2.45) is 0 Å². The normalized spacial score (nSPS) is 10.2. The van der Waals surface area contributed by atoms with Gasteiger partial charge >= 0.3 is 12.2 Å². The average molecular weight is 400 g/mol. The molecule has 0 fully saturated rings. The number of nitrogens with zero attached hydrogens (tertiary/aromatic N) is 1. The Labute approximate surface area is 171 Å². The summed E-state index contributed by atoms with van der Waals surface area (Å²) in [5.74, 6) is 0. The van der Waals surface area contributed by atoms with E-state index in [0.29, 0.717) is 32.5 Å². The van der Waals surface area contributed by atoms with E-state index in [4.69, 9.17) is 14.6 Å². The summed E-state index contributed by atoms with van der Waals surface area (Å²) < 4.78 is 10.5. The van der Waals surface area contributed by atoms with Gasteiger partial charge in [0.05, 0.1) is 0 Å². The molecule has 0 bridgehead atoms. The van der Waals surface area contributed by atoms with Crippen LogP contribution in [-0.4, -0.2) is 48.4 Å². The highest BCUT2D eigenvalue weighted by atomic mass is 16.6. The molecule has 2 N–H and O–H groups in total. The van der Waals surface area contributed by atoms with Gasteiger partial charge in [0.25, 0.3) is 0 Å². The maximum atomic E-state index is 12.3. The van der Waals surface area contributed by atoms with E-state index in [2.05, 4.69) is 5.32 Å². The fraction of sp³-hybridized carbons (Fsp3) is 0.364. The second-order valence-corrected chi connectivity index (χ2v) is 6.45. The van der Waals surface area contributed by atoms with Gasteiger partial charge in [-0.3, -0.25) is 0 Å². The van der Waals surface area contributed by atoms with Gasteiger partial charge in [-0.2, -0.15) is 0 Å². The number of hydrogen-bond donors (Lipinski definition) is 2. The molecule has 2 amide bonds. The number of carbonyl (C=O) groups is 2. The molecular weight excluding hydrogens is 372 g/mol. The zero-order valence-corrected chi connectivity index (χ0v) is 16.5. The summed E-state index contributed by atoms with van der Waals surface area (Å²) in [5.41, 5.74) is 1.82. The second kappa shape index (κ2) is 13.2. The summed E-state index contributed by atoms with van der Waals surface area (Å²) in [6, 6.07) is 18.9. The highest BCUT2D eigenvalue weighted by Gasteiger charge is 2.14. The van der Waals surface area contributed by atoms with Crippen LogP contribution in [0.15, 0.2) is 60.7 Å². The molecule has 0 spiro atoms. The summed E-state index contributed by atoms with van der Waals surface area (Å²) in [7, 11) is 0. The summed E-state index contributed by atoms with van der Waals surface area (Å²) in [6.45, 7) is 1.57. The number of alkyl carbamates (subject to hydrolysis) is 1. The predicted molar refractivity (Wildman–Crippen MR) is 109 cm³/mol. The minimum Gasteiger partial charge on any atom is -0.445 e. The fourth-order valence-corrected chi connectivity index (χ4v) is 2.60. The van der Waals surface area contributed by atoms with Crippen LogP contribution in [-0.2, 0) is 22.7 Å². The number of aliphatic hydroxyl groups is 1. The van der Waals surface area contributed by atoms with Crippen molar-refractivity contribution in [3.63, 3.8) is 0 Å². The topological polar surface area (TPSA) is 88.1 Å². The SMILES string of the molecule is O=C(NCCCN(CCCO)C(=O)OCc1ccccc1)OCc1ccccc1. The first-order chi connectivity index (χ1) is 14.2. The molecule has 0 aromatic heterocycles. The fourth-order valence-electron chi connectivity index (χ4n) is 2.60. The van der Waals surface area contributed by atoms with Crippen LogP contribution in [0, 0.1) is 0 Å². The van der Waals surface area contributed by atoms with Gasteiger partial charge in [0.15, 0.2) is 0 Å². The highest BCUT2D eigenvalue weighted by Crippen LogP contribution is 2.05. The Balaban J connectivity index is 1.67. The quantitative estimate of drug-likeness (QED) is 0.565. The Kier molecular flexibility index (Phi) is 10.1. The van der Waals surface area contributed by atoms with Gasteiger partial charge in [-0.05, 0) is 24.0 Å². The van der Waals surface area contributed by atoms with E-state index >= 15 is 0 Å². The van der Waals surface area contributed by atoms with Crippen molar-refractivity contribution in [2.45, 2.75) is 26.1 Å². The Hall–Kier alpha value is -3.06. The molecule has 0 unspecified atom stereocenters. The molecule has 0 atom stereocenters. The number of rotatable bonds is 11. The van der Waals surface area contributed by atoms with Gasteiger partial charge in [-0.25, -0.2) is 9.59 Å². The second-order valence-electron chi connectivity index (χ2n) is 6.45. The van der Waals surface area contributed by atoms with E-state index in [-0.39, 0.29) is 19.8 Å². The van der Waals surface area contributed by atoms with Crippen molar-refractivity contribution in [1.29, 1.82) is 0 Å². The van der Waals surface area contributed by atoms with Gasteiger partial charge in [-0.15, -0.1) is 0 Å². The highest BCUT2D eigenvalue weighted by molar-refractivity contribution is 5.68. The molecule has 0 aliphatic carbocycles. The van der Waals surface area contributed by atoms with Gasteiger partial charge in [0, 0.05) is 26.2 Å². The third-order valence-electron chi connectivity index (χ3n) is 4.14. The van der Waals surface area contributed by atoms with Crippen LogP contribution in [0.2, 0.25) is 0 Å². The van der Waals surface area contributed by atoms with E-state index in [0.717, 1.165) is 11.1 Å². The zero-order valence-electron chi connectivity index (χ0n) is 16.5. The molecule has 0 aliphatic rings. The van der Waals surface area contributed by atoms with Crippen LogP contribution in [0.4, 0.5) is 9.59 Å². The minimum absolute atomic E-state index is 0.00741. The lowest BCUT2D eigenvalue weighted by molar-refractivity contribution is 0.0930. The van der Waals surface area contributed by atoms with E-state index < -0.39 is 12.2 Å².